The number of hydrogen-bond acceptors (Lipinski definition) is 4. The summed E-state index contributed by atoms with van der Waals surface area (Å²) in [6.45, 7) is 6.67. The molecule has 0 atom stereocenters. The van der Waals surface area contributed by atoms with Crippen LogP contribution in [0.15, 0.2) is 0 Å². The van der Waals surface area contributed by atoms with E-state index in [1.54, 1.807) is 0 Å². The Morgan fingerprint density at radius 2 is 1.38 bits per heavy atom. The van der Waals surface area contributed by atoms with E-state index in [0.717, 1.165) is 19.6 Å². The van der Waals surface area contributed by atoms with Gasteiger partial charge in [0.25, 0.3) is 0 Å². The van der Waals surface area contributed by atoms with Gasteiger partial charge < -0.3 is 10.6 Å². The van der Waals surface area contributed by atoms with Gasteiger partial charge in [-0.1, -0.05) is 26.2 Å². The van der Waals surface area contributed by atoms with Crippen LogP contribution in [0.4, 0.5) is 0 Å². The van der Waals surface area contributed by atoms with Crippen molar-refractivity contribution in [2.24, 2.45) is 0 Å². The third-order valence-corrected chi connectivity index (χ3v) is 2.53. The van der Waals surface area contributed by atoms with Crippen LogP contribution in [0.25, 0.3) is 0 Å². The van der Waals surface area contributed by atoms with Crippen molar-refractivity contribution in [1.82, 2.24) is 10.6 Å². The molecule has 3 N–H and O–H groups in total. The third-order valence-electron chi connectivity index (χ3n) is 2.53. The van der Waals surface area contributed by atoms with Gasteiger partial charge in [0, 0.05) is 6.54 Å². The molecule has 0 amide bonds. The van der Waals surface area contributed by atoms with Crippen molar-refractivity contribution in [3.05, 3.63) is 0 Å². The maximum absolute atomic E-state index is 8.08. The molecule has 16 heavy (non-hydrogen) atoms. The lowest BCUT2D eigenvalue weighted by Gasteiger charge is -2.04. The Balaban J connectivity index is 2.83. The molecule has 0 fully saturated rings. The van der Waals surface area contributed by atoms with Crippen LogP contribution >= 0.6 is 0 Å². The molecule has 0 spiro atoms. The molecule has 0 rings (SSSR count). The van der Waals surface area contributed by atoms with Crippen LogP contribution in [-0.2, 0) is 4.89 Å². The lowest BCUT2D eigenvalue weighted by Crippen LogP contribution is -2.20. The van der Waals surface area contributed by atoms with Gasteiger partial charge in [0.1, 0.15) is 0 Å². The Kier molecular flexibility index (Phi) is 14.7. The fourth-order valence-corrected chi connectivity index (χ4v) is 1.52. The van der Waals surface area contributed by atoms with Crippen LogP contribution in [0.1, 0.15) is 45.4 Å². The van der Waals surface area contributed by atoms with Crippen LogP contribution in [-0.4, -0.2) is 38.0 Å². The highest BCUT2D eigenvalue weighted by atomic mass is 17.1. The summed E-state index contributed by atoms with van der Waals surface area (Å²) < 4.78 is 0. The van der Waals surface area contributed by atoms with Gasteiger partial charge >= 0.3 is 0 Å². The first-order valence-corrected chi connectivity index (χ1v) is 6.59. The number of unbranched alkanes of at least 4 members (excludes halogenated alkanes) is 4. The van der Waals surface area contributed by atoms with E-state index >= 15 is 0 Å². The van der Waals surface area contributed by atoms with Crippen LogP contribution in [0.5, 0.6) is 0 Å². The molecule has 0 aliphatic carbocycles. The van der Waals surface area contributed by atoms with Crippen molar-refractivity contribution >= 4 is 0 Å². The summed E-state index contributed by atoms with van der Waals surface area (Å²) >= 11 is 0. The van der Waals surface area contributed by atoms with E-state index in [4.69, 9.17) is 5.26 Å². The van der Waals surface area contributed by atoms with Gasteiger partial charge in [-0.25, -0.2) is 4.89 Å². The zero-order valence-electron chi connectivity index (χ0n) is 10.6. The minimum Gasteiger partial charge on any atom is -0.317 e. The van der Waals surface area contributed by atoms with Gasteiger partial charge in [0.15, 0.2) is 0 Å². The largest absolute Gasteiger partial charge is 0.317 e. The lowest BCUT2D eigenvalue weighted by atomic mass is 10.2. The van der Waals surface area contributed by atoms with Gasteiger partial charge in [-0.3, -0.25) is 5.26 Å². The van der Waals surface area contributed by atoms with Gasteiger partial charge in [0.2, 0.25) is 0 Å². The molecule has 0 aliphatic heterocycles. The molecule has 0 saturated carbocycles. The smallest absolute Gasteiger partial charge is 0.0944 e. The molecular weight excluding hydrogens is 204 g/mol. The Morgan fingerprint density at radius 3 is 1.94 bits per heavy atom. The van der Waals surface area contributed by atoms with Gasteiger partial charge in [-0.15, -0.1) is 0 Å². The first kappa shape index (κ1) is 15.8. The van der Waals surface area contributed by atoms with E-state index in [9.17, 15) is 0 Å². The van der Waals surface area contributed by atoms with E-state index in [2.05, 4.69) is 22.4 Å². The first-order valence-electron chi connectivity index (χ1n) is 6.59. The van der Waals surface area contributed by atoms with E-state index in [-0.39, 0.29) is 0 Å². The summed E-state index contributed by atoms with van der Waals surface area (Å²) in [7, 11) is 0. The molecule has 0 aliphatic rings. The Morgan fingerprint density at radius 1 is 0.812 bits per heavy atom. The second-order valence-electron chi connectivity index (χ2n) is 4.10. The van der Waals surface area contributed by atoms with Crippen LogP contribution in [0, 0.1) is 0 Å². The Labute approximate surface area is 99.7 Å². The number of rotatable bonds is 13. The fourth-order valence-electron chi connectivity index (χ4n) is 1.52. The summed E-state index contributed by atoms with van der Waals surface area (Å²) in [5.74, 6) is 0. The highest BCUT2D eigenvalue weighted by molar-refractivity contribution is 4.51. The molecule has 4 nitrogen and oxygen atoms in total. The summed E-state index contributed by atoms with van der Waals surface area (Å²) in [6, 6.07) is 0. The van der Waals surface area contributed by atoms with E-state index in [1.807, 2.05) is 0 Å². The van der Waals surface area contributed by atoms with Crippen molar-refractivity contribution in [2.45, 2.75) is 45.4 Å². The Bertz CT molecular complexity index is 110. The van der Waals surface area contributed by atoms with Gasteiger partial charge in [-0.05, 0) is 38.9 Å². The topological polar surface area (TPSA) is 53.5 Å². The minimum atomic E-state index is 0.376. The van der Waals surface area contributed by atoms with Crippen molar-refractivity contribution in [2.75, 3.05) is 32.8 Å². The first-order chi connectivity index (χ1) is 7.91. The Hall–Kier alpha value is -0.160. The summed E-state index contributed by atoms with van der Waals surface area (Å²) in [4.78, 5) is 3.96. The molecule has 0 heterocycles. The molecule has 0 unspecified atom stereocenters. The maximum Gasteiger partial charge on any atom is 0.0944 e. The average molecular weight is 232 g/mol. The van der Waals surface area contributed by atoms with E-state index in [0.29, 0.717) is 6.61 Å². The maximum atomic E-state index is 8.08. The second-order valence-corrected chi connectivity index (χ2v) is 4.10. The second kappa shape index (κ2) is 14.8. The fraction of sp³-hybridized carbons (Fsp3) is 1.00. The van der Waals surface area contributed by atoms with Crippen LogP contribution in [0.3, 0.4) is 0 Å². The van der Waals surface area contributed by atoms with E-state index in [1.165, 1.54) is 45.1 Å². The van der Waals surface area contributed by atoms with E-state index < -0.39 is 0 Å². The minimum absolute atomic E-state index is 0.376. The normalized spacial score (nSPS) is 10.9. The van der Waals surface area contributed by atoms with Crippen molar-refractivity contribution in [3.8, 4) is 0 Å². The molecule has 0 bridgehead atoms. The van der Waals surface area contributed by atoms with Crippen LogP contribution in [0.2, 0.25) is 0 Å². The predicted octanol–water partition coefficient (Wildman–Crippen LogP) is 2.02. The molecule has 0 aromatic heterocycles. The molecule has 0 aromatic rings. The van der Waals surface area contributed by atoms with Crippen molar-refractivity contribution in [1.29, 1.82) is 0 Å². The highest BCUT2D eigenvalue weighted by Crippen LogP contribution is 1.97. The summed E-state index contributed by atoms with van der Waals surface area (Å²) in [5, 5.41) is 14.7. The number of hydrogen-bond donors (Lipinski definition) is 3. The third kappa shape index (κ3) is 13.8. The number of nitrogens with one attached hydrogen (secondary N) is 2. The highest BCUT2D eigenvalue weighted by Gasteiger charge is 1.91. The monoisotopic (exact) mass is 232 g/mol. The molecule has 0 saturated heterocycles. The molecule has 98 valence electrons. The van der Waals surface area contributed by atoms with Crippen molar-refractivity contribution < 1.29 is 10.1 Å². The zero-order chi connectivity index (χ0) is 11.9. The zero-order valence-corrected chi connectivity index (χ0v) is 10.6. The molecule has 0 radical (unpaired) electrons. The molecular formula is C12H28N2O2. The van der Waals surface area contributed by atoms with Gasteiger partial charge in [0.05, 0.1) is 6.61 Å². The quantitative estimate of drug-likeness (QED) is 0.258. The SMILES string of the molecule is CCCCNCCCCCCNCCOO. The molecule has 4 heteroatoms. The standard InChI is InChI=1S/C12H28N2O2/c1-2-3-8-13-9-6-4-5-7-10-14-11-12-16-15/h13-15H,2-12H2,1H3. The van der Waals surface area contributed by atoms with Gasteiger partial charge in [-0.2, -0.15) is 0 Å². The lowest BCUT2D eigenvalue weighted by molar-refractivity contribution is -0.240. The predicted molar refractivity (Wildman–Crippen MR) is 67.7 cm³/mol. The molecule has 0 aromatic carbocycles. The van der Waals surface area contributed by atoms with Crippen molar-refractivity contribution in [3.63, 3.8) is 0 Å². The van der Waals surface area contributed by atoms with Crippen LogP contribution < -0.4 is 10.6 Å². The average Bonchev–Trinajstić information content (AvgIpc) is 2.31. The summed E-state index contributed by atoms with van der Waals surface area (Å²) in [6.07, 6.45) is 7.64. The summed E-state index contributed by atoms with van der Waals surface area (Å²) in [5.41, 5.74) is 0.